The van der Waals surface area contributed by atoms with Crippen molar-refractivity contribution in [1.29, 1.82) is 0 Å². The fourth-order valence-corrected chi connectivity index (χ4v) is 5.73. The Balaban J connectivity index is 1.70. The number of benzene rings is 2. The van der Waals surface area contributed by atoms with Gasteiger partial charge in [0.15, 0.2) is 11.5 Å². The van der Waals surface area contributed by atoms with Crippen LogP contribution in [0.4, 0.5) is 19.3 Å². The molecule has 0 aromatic heterocycles. The standard InChI is InChI=1S/C21H22F2N2O5Si/c1-31(2,3)19-14(22)8-11(9-15(19)23)24-20(26)17-12-4-5-16-18(30-10-29-16)13(12)6-7-25(17)21(27)28/h4-5,8-9,17H,6-7,10H2,1-3H3,(H,24,26)(H,27,28)/t17-/m1/s1. The predicted octanol–water partition coefficient (Wildman–Crippen LogP) is 3.45. The number of nitrogens with one attached hydrogen (secondary N) is 1. The Hall–Kier alpha value is -3.14. The van der Waals surface area contributed by atoms with Crippen LogP contribution in [0.1, 0.15) is 17.2 Å². The monoisotopic (exact) mass is 448 g/mol. The fraction of sp³-hybridized carbons (Fsp3) is 0.333. The molecular weight excluding hydrogens is 426 g/mol. The molecule has 0 radical (unpaired) electrons. The second kappa shape index (κ2) is 7.52. The van der Waals surface area contributed by atoms with E-state index in [4.69, 9.17) is 9.47 Å². The van der Waals surface area contributed by atoms with Crippen molar-refractivity contribution < 1.29 is 33.0 Å². The lowest BCUT2D eigenvalue weighted by molar-refractivity contribution is -0.121. The molecule has 0 saturated carbocycles. The third kappa shape index (κ3) is 3.71. The summed E-state index contributed by atoms with van der Waals surface area (Å²) in [5.74, 6) is -1.12. The first-order chi connectivity index (χ1) is 14.6. The van der Waals surface area contributed by atoms with Crippen molar-refractivity contribution >= 4 is 30.9 Å². The number of nitrogens with zero attached hydrogens (tertiary/aromatic N) is 1. The van der Waals surface area contributed by atoms with Gasteiger partial charge in [-0.1, -0.05) is 25.7 Å². The van der Waals surface area contributed by atoms with E-state index in [0.29, 0.717) is 29.0 Å². The Morgan fingerprint density at radius 1 is 1.16 bits per heavy atom. The van der Waals surface area contributed by atoms with E-state index in [-0.39, 0.29) is 24.2 Å². The van der Waals surface area contributed by atoms with Crippen molar-refractivity contribution in [3.63, 3.8) is 0 Å². The van der Waals surface area contributed by atoms with Crippen LogP contribution in [0, 0.1) is 11.6 Å². The molecule has 0 spiro atoms. The first kappa shape index (κ1) is 21.1. The molecule has 164 valence electrons. The van der Waals surface area contributed by atoms with Gasteiger partial charge < -0.3 is 19.9 Å². The molecule has 7 nitrogen and oxygen atoms in total. The highest BCUT2D eigenvalue weighted by molar-refractivity contribution is 6.88. The molecule has 2 aromatic carbocycles. The molecule has 2 amide bonds. The summed E-state index contributed by atoms with van der Waals surface area (Å²) in [6.45, 7) is 5.58. The normalized spacial score (nSPS) is 17.3. The molecule has 0 fully saturated rings. The maximum Gasteiger partial charge on any atom is 0.408 e. The van der Waals surface area contributed by atoms with Crippen molar-refractivity contribution in [3.8, 4) is 11.5 Å². The van der Waals surface area contributed by atoms with E-state index < -0.39 is 37.8 Å². The largest absolute Gasteiger partial charge is 0.465 e. The molecule has 0 bridgehead atoms. The molecule has 2 aromatic rings. The van der Waals surface area contributed by atoms with Gasteiger partial charge in [0, 0.05) is 23.0 Å². The topological polar surface area (TPSA) is 88.1 Å². The molecular formula is C21H22F2N2O5Si. The van der Waals surface area contributed by atoms with Gasteiger partial charge >= 0.3 is 6.09 Å². The molecule has 4 rings (SSSR count). The summed E-state index contributed by atoms with van der Waals surface area (Å²) in [5, 5.41) is 12.2. The summed E-state index contributed by atoms with van der Waals surface area (Å²) in [4.78, 5) is 25.9. The van der Waals surface area contributed by atoms with Crippen LogP contribution in [0.25, 0.3) is 0 Å². The SMILES string of the molecule is C[Si](C)(C)c1c(F)cc(NC(=O)[C@H]2c3ccc4c(c3CCN2C(=O)O)OCO4)cc1F. The Labute approximate surface area is 178 Å². The zero-order valence-corrected chi connectivity index (χ0v) is 18.3. The van der Waals surface area contributed by atoms with Gasteiger partial charge in [-0.25, -0.2) is 13.6 Å². The van der Waals surface area contributed by atoms with Gasteiger partial charge in [-0.2, -0.15) is 0 Å². The average molecular weight is 448 g/mol. The van der Waals surface area contributed by atoms with Crippen LogP contribution >= 0.6 is 0 Å². The Morgan fingerprint density at radius 3 is 2.45 bits per heavy atom. The number of fused-ring (bicyclic) bond motifs is 3. The third-order valence-corrected chi connectivity index (χ3v) is 7.42. The summed E-state index contributed by atoms with van der Waals surface area (Å²) >= 11 is 0. The van der Waals surface area contributed by atoms with Crippen LogP contribution in [-0.4, -0.2) is 43.4 Å². The Bertz CT molecular complexity index is 1060. The smallest absolute Gasteiger partial charge is 0.408 e. The molecule has 2 aliphatic rings. The second-order valence-electron chi connectivity index (χ2n) is 8.55. The number of anilines is 1. The molecule has 2 aliphatic heterocycles. The highest BCUT2D eigenvalue weighted by Gasteiger charge is 2.39. The second-order valence-corrected chi connectivity index (χ2v) is 13.5. The van der Waals surface area contributed by atoms with E-state index >= 15 is 0 Å². The average Bonchev–Trinajstić information content (AvgIpc) is 3.14. The van der Waals surface area contributed by atoms with Crippen LogP contribution in [0.3, 0.4) is 0 Å². The Morgan fingerprint density at radius 2 is 1.84 bits per heavy atom. The number of ether oxygens (including phenoxy) is 2. The lowest BCUT2D eigenvalue weighted by Crippen LogP contribution is -2.45. The Kier molecular flexibility index (Phi) is 5.12. The summed E-state index contributed by atoms with van der Waals surface area (Å²) in [6, 6.07) is 4.19. The third-order valence-electron chi connectivity index (χ3n) is 5.44. The molecule has 1 atom stereocenters. The maximum atomic E-state index is 14.6. The number of hydrogen-bond donors (Lipinski definition) is 2. The van der Waals surface area contributed by atoms with E-state index in [1.807, 2.05) is 19.6 Å². The minimum absolute atomic E-state index is 0.0489. The van der Waals surface area contributed by atoms with E-state index in [9.17, 15) is 23.5 Å². The molecule has 0 saturated heterocycles. The summed E-state index contributed by atoms with van der Waals surface area (Å²) in [6.07, 6.45) is -0.915. The van der Waals surface area contributed by atoms with Crippen LogP contribution in [0.15, 0.2) is 24.3 Å². The van der Waals surface area contributed by atoms with Gasteiger partial charge in [0.2, 0.25) is 6.79 Å². The van der Waals surface area contributed by atoms with Crippen molar-refractivity contribution in [2.45, 2.75) is 32.1 Å². The van der Waals surface area contributed by atoms with E-state index in [1.165, 1.54) is 0 Å². The number of hydrogen-bond acceptors (Lipinski definition) is 4. The molecule has 10 heteroatoms. The highest BCUT2D eigenvalue weighted by atomic mass is 28.3. The van der Waals surface area contributed by atoms with Gasteiger partial charge in [-0.15, -0.1) is 0 Å². The van der Waals surface area contributed by atoms with E-state index in [1.54, 1.807) is 12.1 Å². The first-order valence-corrected chi connectivity index (χ1v) is 13.3. The van der Waals surface area contributed by atoms with Gasteiger partial charge in [0.05, 0.1) is 8.07 Å². The molecule has 31 heavy (non-hydrogen) atoms. The summed E-state index contributed by atoms with van der Waals surface area (Å²) < 4.78 is 40.1. The molecule has 2 heterocycles. The minimum Gasteiger partial charge on any atom is -0.465 e. The molecule has 2 N–H and O–H groups in total. The van der Waals surface area contributed by atoms with Crippen LogP contribution in [0.5, 0.6) is 11.5 Å². The summed E-state index contributed by atoms with van der Waals surface area (Å²) in [5.41, 5.74) is 1.08. The van der Waals surface area contributed by atoms with Crippen molar-refractivity contribution in [3.05, 3.63) is 47.0 Å². The van der Waals surface area contributed by atoms with Crippen molar-refractivity contribution in [1.82, 2.24) is 4.90 Å². The number of halogens is 2. The quantitative estimate of drug-likeness (QED) is 0.703. The number of carbonyl (C=O) groups excluding carboxylic acids is 1. The van der Waals surface area contributed by atoms with Crippen molar-refractivity contribution in [2.24, 2.45) is 0 Å². The van der Waals surface area contributed by atoms with Crippen LogP contribution < -0.4 is 20.0 Å². The molecule has 0 aliphatic carbocycles. The highest BCUT2D eigenvalue weighted by Crippen LogP contribution is 2.43. The van der Waals surface area contributed by atoms with Gasteiger partial charge in [-0.05, 0) is 30.2 Å². The predicted molar refractivity (Wildman–Crippen MR) is 112 cm³/mol. The van der Waals surface area contributed by atoms with Crippen LogP contribution in [-0.2, 0) is 11.2 Å². The van der Waals surface area contributed by atoms with Gasteiger partial charge in [0.1, 0.15) is 17.7 Å². The lowest BCUT2D eigenvalue weighted by Gasteiger charge is -2.34. The van der Waals surface area contributed by atoms with Crippen molar-refractivity contribution in [2.75, 3.05) is 18.7 Å². The van der Waals surface area contributed by atoms with Gasteiger partial charge in [-0.3, -0.25) is 9.69 Å². The number of rotatable bonds is 3. The fourth-order valence-electron chi connectivity index (χ4n) is 4.15. The summed E-state index contributed by atoms with van der Waals surface area (Å²) in [7, 11) is -2.28. The van der Waals surface area contributed by atoms with E-state index in [2.05, 4.69) is 5.32 Å². The zero-order valence-electron chi connectivity index (χ0n) is 17.3. The number of amides is 2. The van der Waals surface area contributed by atoms with Crippen LogP contribution in [0.2, 0.25) is 19.6 Å². The number of carbonyl (C=O) groups is 2. The number of carboxylic acid groups (broad SMARTS) is 1. The maximum absolute atomic E-state index is 14.6. The zero-order chi connectivity index (χ0) is 22.5. The lowest BCUT2D eigenvalue weighted by atomic mass is 9.91. The first-order valence-electron chi connectivity index (χ1n) is 9.79. The molecule has 0 unspecified atom stereocenters. The minimum atomic E-state index is -2.28. The van der Waals surface area contributed by atoms with E-state index in [0.717, 1.165) is 17.0 Å². The van der Waals surface area contributed by atoms with Gasteiger partial charge in [0.25, 0.3) is 5.91 Å².